The average Bonchev–Trinajstić information content (AvgIpc) is 2.53. The SMILES string of the molecule is CCCCCN[C@]1(CO)OC[C@H](O)[C@@H]1O. The molecule has 0 aromatic carbocycles. The number of aliphatic hydroxyl groups is 3. The van der Waals surface area contributed by atoms with Crippen molar-refractivity contribution >= 4 is 0 Å². The van der Waals surface area contributed by atoms with Crippen LogP contribution in [0.3, 0.4) is 0 Å². The summed E-state index contributed by atoms with van der Waals surface area (Å²) in [7, 11) is 0. The molecule has 1 aliphatic heterocycles. The first kappa shape index (κ1) is 12.9. The minimum absolute atomic E-state index is 0.0580. The zero-order valence-electron chi connectivity index (χ0n) is 9.15. The van der Waals surface area contributed by atoms with Gasteiger partial charge >= 0.3 is 0 Å². The molecule has 4 N–H and O–H groups in total. The average molecular weight is 219 g/mol. The molecule has 1 rings (SSSR count). The van der Waals surface area contributed by atoms with Crippen LogP contribution in [0.5, 0.6) is 0 Å². The van der Waals surface area contributed by atoms with Gasteiger partial charge in [0.2, 0.25) is 0 Å². The van der Waals surface area contributed by atoms with Crippen molar-refractivity contribution in [3.63, 3.8) is 0 Å². The lowest BCUT2D eigenvalue weighted by molar-refractivity contribution is -0.117. The Balaban J connectivity index is 2.40. The maximum Gasteiger partial charge on any atom is 0.171 e. The third-order valence-electron chi connectivity index (χ3n) is 2.79. The lowest BCUT2D eigenvalue weighted by atomic mass is 10.1. The Labute approximate surface area is 90.1 Å². The van der Waals surface area contributed by atoms with Crippen molar-refractivity contribution < 1.29 is 20.1 Å². The molecule has 3 atom stereocenters. The largest absolute Gasteiger partial charge is 0.392 e. The molecule has 0 aromatic heterocycles. The molecule has 0 spiro atoms. The van der Waals surface area contributed by atoms with E-state index in [1.807, 2.05) is 0 Å². The molecule has 1 fully saturated rings. The van der Waals surface area contributed by atoms with E-state index in [1.54, 1.807) is 0 Å². The van der Waals surface area contributed by atoms with Gasteiger partial charge in [-0.1, -0.05) is 19.8 Å². The second-order valence-electron chi connectivity index (χ2n) is 4.00. The molecule has 90 valence electrons. The van der Waals surface area contributed by atoms with Gasteiger partial charge in [-0.3, -0.25) is 5.32 Å². The van der Waals surface area contributed by atoms with Crippen LogP contribution in [0.25, 0.3) is 0 Å². The second-order valence-corrected chi connectivity index (χ2v) is 4.00. The fourth-order valence-corrected chi connectivity index (χ4v) is 1.75. The molecule has 0 saturated carbocycles. The van der Waals surface area contributed by atoms with Gasteiger partial charge in [0.05, 0.1) is 13.2 Å². The van der Waals surface area contributed by atoms with Gasteiger partial charge in [0.25, 0.3) is 0 Å². The summed E-state index contributed by atoms with van der Waals surface area (Å²) in [4.78, 5) is 0. The fraction of sp³-hybridized carbons (Fsp3) is 1.00. The number of nitrogens with one attached hydrogen (secondary N) is 1. The van der Waals surface area contributed by atoms with Gasteiger partial charge in [0.15, 0.2) is 5.72 Å². The van der Waals surface area contributed by atoms with Crippen molar-refractivity contribution in [1.29, 1.82) is 0 Å². The van der Waals surface area contributed by atoms with E-state index in [1.165, 1.54) is 0 Å². The zero-order chi connectivity index (χ0) is 11.3. The van der Waals surface area contributed by atoms with Crippen LogP contribution in [0.4, 0.5) is 0 Å². The van der Waals surface area contributed by atoms with E-state index in [9.17, 15) is 15.3 Å². The molecule has 1 aliphatic rings. The van der Waals surface area contributed by atoms with Gasteiger partial charge in [-0.25, -0.2) is 0 Å². The van der Waals surface area contributed by atoms with Gasteiger partial charge in [-0.2, -0.15) is 0 Å². The van der Waals surface area contributed by atoms with Gasteiger partial charge < -0.3 is 20.1 Å². The van der Waals surface area contributed by atoms with Gasteiger partial charge in [-0.15, -0.1) is 0 Å². The highest BCUT2D eigenvalue weighted by Gasteiger charge is 2.48. The standard InChI is InChI=1S/C10H21NO4/c1-2-3-4-5-11-10(7-12)9(14)8(13)6-15-10/h8-9,11-14H,2-7H2,1H3/t8-,9-,10+/m0/s1. The first-order valence-corrected chi connectivity index (χ1v) is 5.52. The summed E-state index contributed by atoms with van der Waals surface area (Å²) in [6, 6.07) is 0. The molecule has 15 heavy (non-hydrogen) atoms. The van der Waals surface area contributed by atoms with Crippen molar-refractivity contribution in [2.75, 3.05) is 19.8 Å². The second kappa shape index (κ2) is 5.77. The molecule has 0 amide bonds. The van der Waals surface area contributed by atoms with E-state index >= 15 is 0 Å². The Kier molecular flexibility index (Phi) is 4.95. The van der Waals surface area contributed by atoms with E-state index in [-0.39, 0.29) is 13.2 Å². The van der Waals surface area contributed by atoms with Crippen LogP contribution in [0.15, 0.2) is 0 Å². The van der Waals surface area contributed by atoms with Gasteiger partial charge in [0.1, 0.15) is 12.2 Å². The normalized spacial score (nSPS) is 36.0. The minimum atomic E-state index is -1.17. The van der Waals surface area contributed by atoms with Gasteiger partial charge in [0, 0.05) is 0 Å². The molecule has 5 heteroatoms. The molecule has 1 heterocycles. The molecular weight excluding hydrogens is 198 g/mol. The molecule has 5 nitrogen and oxygen atoms in total. The highest BCUT2D eigenvalue weighted by atomic mass is 16.6. The summed E-state index contributed by atoms with van der Waals surface area (Å²) in [5, 5.41) is 31.2. The molecule has 0 aliphatic carbocycles. The summed E-state index contributed by atoms with van der Waals surface area (Å²) < 4.78 is 5.23. The molecular formula is C10H21NO4. The number of rotatable bonds is 6. The van der Waals surface area contributed by atoms with Crippen LogP contribution in [0.1, 0.15) is 26.2 Å². The molecule has 0 bridgehead atoms. The Morgan fingerprint density at radius 1 is 1.40 bits per heavy atom. The number of unbranched alkanes of at least 4 members (excludes halogenated alkanes) is 2. The maximum atomic E-state index is 9.67. The van der Waals surface area contributed by atoms with Crippen LogP contribution < -0.4 is 5.32 Å². The quantitative estimate of drug-likeness (QED) is 0.440. The third-order valence-corrected chi connectivity index (χ3v) is 2.79. The maximum absolute atomic E-state index is 9.67. The highest BCUT2D eigenvalue weighted by Crippen LogP contribution is 2.23. The van der Waals surface area contributed by atoms with E-state index in [4.69, 9.17) is 4.74 Å². The summed E-state index contributed by atoms with van der Waals surface area (Å²) in [6.07, 6.45) is 1.18. The van der Waals surface area contributed by atoms with Gasteiger partial charge in [-0.05, 0) is 13.0 Å². The van der Waals surface area contributed by atoms with Crippen LogP contribution >= 0.6 is 0 Å². The Morgan fingerprint density at radius 3 is 2.60 bits per heavy atom. The summed E-state index contributed by atoms with van der Waals surface area (Å²) in [5.41, 5.74) is -1.17. The van der Waals surface area contributed by atoms with Crippen LogP contribution in [-0.4, -0.2) is 53.0 Å². The molecule has 1 saturated heterocycles. The van der Waals surface area contributed by atoms with Crippen LogP contribution in [0, 0.1) is 0 Å². The monoisotopic (exact) mass is 219 g/mol. The van der Waals surface area contributed by atoms with Crippen LogP contribution in [0.2, 0.25) is 0 Å². The van der Waals surface area contributed by atoms with Crippen molar-refractivity contribution in [2.45, 2.75) is 44.1 Å². The Bertz CT molecular complexity index is 190. The number of ether oxygens (including phenoxy) is 1. The molecule has 0 aromatic rings. The van der Waals surface area contributed by atoms with Crippen molar-refractivity contribution in [1.82, 2.24) is 5.32 Å². The number of aliphatic hydroxyl groups excluding tert-OH is 3. The fourth-order valence-electron chi connectivity index (χ4n) is 1.75. The summed E-state index contributed by atoms with van der Waals surface area (Å²) in [6.45, 7) is 2.49. The lowest BCUT2D eigenvalue weighted by Gasteiger charge is -2.31. The Morgan fingerprint density at radius 2 is 2.13 bits per heavy atom. The first-order chi connectivity index (χ1) is 7.16. The predicted octanol–water partition coefficient (Wildman–Crippen LogP) is -0.793. The lowest BCUT2D eigenvalue weighted by Crippen LogP contribution is -2.57. The highest BCUT2D eigenvalue weighted by molar-refractivity contribution is 4.95. The number of hydrogen-bond donors (Lipinski definition) is 4. The van der Waals surface area contributed by atoms with E-state index in [0.29, 0.717) is 6.54 Å². The van der Waals surface area contributed by atoms with Crippen molar-refractivity contribution in [2.24, 2.45) is 0 Å². The van der Waals surface area contributed by atoms with E-state index in [2.05, 4.69) is 12.2 Å². The Hall–Kier alpha value is -0.200. The molecule has 0 unspecified atom stereocenters. The predicted molar refractivity (Wildman–Crippen MR) is 55.3 cm³/mol. The third kappa shape index (κ3) is 2.89. The molecule has 0 radical (unpaired) electrons. The van der Waals surface area contributed by atoms with E-state index < -0.39 is 17.9 Å². The number of hydrogen-bond acceptors (Lipinski definition) is 5. The summed E-state index contributed by atoms with van der Waals surface area (Å²) in [5.74, 6) is 0. The zero-order valence-corrected chi connectivity index (χ0v) is 9.15. The summed E-state index contributed by atoms with van der Waals surface area (Å²) >= 11 is 0. The topological polar surface area (TPSA) is 82.0 Å². The van der Waals surface area contributed by atoms with Crippen LogP contribution in [-0.2, 0) is 4.74 Å². The van der Waals surface area contributed by atoms with E-state index in [0.717, 1.165) is 19.3 Å². The smallest absolute Gasteiger partial charge is 0.171 e. The van der Waals surface area contributed by atoms with Crippen molar-refractivity contribution in [3.8, 4) is 0 Å². The first-order valence-electron chi connectivity index (χ1n) is 5.52. The van der Waals surface area contributed by atoms with Crippen molar-refractivity contribution in [3.05, 3.63) is 0 Å². The minimum Gasteiger partial charge on any atom is -0.392 e.